The third kappa shape index (κ3) is 4.79. The zero-order valence-corrected chi connectivity index (χ0v) is 20.7. The molecule has 9 nitrogen and oxygen atoms in total. The molecule has 0 aliphatic rings. The largest absolute Gasteiger partial charge is 0.490 e. The Labute approximate surface area is 209 Å². The standard InChI is InChI=1S/C27H27N5O4/c1-5-34-22-13-18(14-23(35-6-2)25(22)36-7-3)27(33)31-26-19(15-28)16-29-32(26)24-12-17(4)20-10-8-9-11-21(20)30-24/h8-14,16H,5-7H2,1-4H3,(H,31,33). The van der Waals surface area contributed by atoms with Gasteiger partial charge in [0.05, 0.1) is 31.5 Å². The zero-order valence-electron chi connectivity index (χ0n) is 20.7. The number of carbonyl (C=O) groups is 1. The highest BCUT2D eigenvalue weighted by molar-refractivity contribution is 6.05. The van der Waals surface area contributed by atoms with Gasteiger partial charge in [0.1, 0.15) is 11.6 Å². The molecule has 0 aliphatic heterocycles. The van der Waals surface area contributed by atoms with Crippen molar-refractivity contribution in [1.29, 1.82) is 5.26 Å². The molecular weight excluding hydrogens is 458 g/mol. The topological polar surface area (TPSA) is 111 Å². The number of hydrogen-bond acceptors (Lipinski definition) is 7. The minimum absolute atomic E-state index is 0.206. The van der Waals surface area contributed by atoms with Gasteiger partial charge >= 0.3 is 0 Å². The molecular formula is C27H27N5O4. The average molecular weight is 486 g/mol. The smallest absolute Gasteiger partial charge is 0.257 e. The highest BCUT2D eigenvalue weighted by atomic mass is 16.5. The van der Waals surface area contributed by atoms with Crippen LogP contribution >= 0.6 is 0 Å². The van der Waals surface area contributed by atoms with Crippen molar-refractivity contribution in [3.8, 4) is 29.1 Å². The van der Waals surface area contributed by atoms with E-state index >= 15 is 0 Å². The first-order valence-electron chi connectivity index (χ1n) is 11.7. The summed E-state index contributed by atoms with van der Waals surface area (Å²) in [5.41, 5.74) is 2.27. The van der Waals surface area contributed by atoms with Gasteiger partial charge in [-0.1, -0.05) is 18.2 Å². The number of para-hydroxylation sites is 1. The number of nitrogens with zero attached hydrogens (tertiary/aromatic N) is 4. The van der Waals surface area contributed by atoms with Crippen molar-refractivity contribution in [2.24, 2.45) is 0 Å². The van der Waals surface area contributed by atoms with E-state index in [4.69, 9.17) is 14.2 Å². The van der Waals surface area contributed by atoms with Crippen LogP contribution in [0.4, 0.5) is 5.82 Å². The molecule has 0 saturated heterocycles. The molecule has 2 aromatic heterocycles. The molecule has 36 heavy (non-hydrogen) atoms. The third-order valence-electron chi connectivity index (χ3n) is 5.42. The Bertz CT molecular complexity index is 1430. The lowest BCUT2D eigenvalue weighted by Gasteiger charge is -2.17. The Morgan fingerprint density at radius 2 is 1.69 bits per heavy atom. The quantitative estimate of drug-likeness (QED) is 0.353. The van der Waals surface area contributed by atoms with Crippen LogP contribution in [0.25, 0.3) is 16.7 Å². The lowest BCUT2D eigenvalue weighted by Crippen LogP contribution is -2.17. The number of pyridine rings is 1. The van der Waals surface area contributed by atoms with Crippen LogP contribution in [-0.4, -0.2) is 40.5 Å². The Balaban J connectivity index is 1.76. The summed E-state index contributed by atoms with van der Waals surface area (Å²) in [7, 11) is 0. The number of rotatable bonds is 9. The van der Waals surface area contributed by atoms with Crippen LogP contribution in [0.5, 0.6) is 17.2 Å². The second kappa shape index (κ2) is 10.8. The SMILES string of the molecule is CCOc1cc(C(=O)Nc2c(C#N)cnn2-c2cc(C)c3ccccc3n2)cc(OCC)c1OCC. The summed E-state index contributed by atoms with van der Waals surface area (Å²) in [5.74, 6) is 1.48. The predicted molar refractivity (Wildman–Crippen MR) is 136 cm³/mol. The van der Waals surface area contributed by atoms with Crippen LogP contribution < -0.4 is 19.5 Å². The molecule has 2 aromatic carbocycles. The van der Waals surface area contributed by atoms with Crippen molar-refractivity contribution in [3.05, 3.63) is 65.4 Å². The molecule has 0 bridgehead atoms. The highest BCUT2D eigenvalue weighted by Crippen LogP contribution is 2.39. The number of hydrogen-bond donors (Lipinski definition) is 1. The van der Waals surface area contributed by atoms with E-state index in [0.29, 0.717) is 42.9 Å². The first kappa shape index (κ1) is 24.5. The summed E-state index contributed by atoms with van der Waals surface area (Å²) in [6.45, 7) is 8.71. The fourth-order valence-corrected chi connectivity index (χ4v) is 3.86. The molecule has 1 N–H and O–H groups in total. The summed E-state index contributed by atoms with van der Waals surface area (Å²) in [5, 5.41) is 17.9. The van der Waals surface area contributed by atoms with Gasteiger partial charge in [-0.15, -0.1) is 0 Å². The van der Waals surface area contributed by atoms with E-state index in [1.165, 1.54) is 10.9 Å². The number of aromatic nitrogens is 3. The number of nitriles is 1. The maximum Gasteiger partial charge on any atom is 0.257 e. The van der Waals surface area contributed by atoms with Gasteiger partial charge in [0, 0.05) is 10.9 Å². The Morgan fingerprint density at radius 3 is 2.33 bits per heavy atom. The number of carbonyl (C=O) groups excluding carboxylic acids is 1. The summed E-state index contributed by atoms with van der Waals surface area (Å²) >= 11 is 0. The average Bonchev–Trinajstić information content (AvgIpc) is 3.28. The summed E-state index contributed by atoms with van der Waals surface area (Å²) in [6, 6.07) is 14.9. The number of nitrogens with one attached hydrogen (secondary N) is 1. The molecule has 0 spiro atoms. The minimum atomic E-state index is -0.462. The molecule has 0 saturated carbocycles. The number of fused-ring (bicyclic) bond motifs is 1. The molecule has 4 rings (SSSR count). The van der Waals surface area contributed by atoms with E-state index in [2.05, 4.69) is 21.5 Å². The van der Waals surface area contributed by atoms with E-state index in [9.17, 15) is 10.1 Å². The lowest BCUT2D eigenvalue weighted by molar-refractivity contribution is 0.102. The molecule has 0 unspecified atom stereocenters. The number of aryl methyl sites for hydroxylation is 1. The Hall–Kier alpha value is -4.58. The van der Waals surface area contributed by atoms with Crippen molar-refractivity contribution in [2.75, 3.05) is 25.1 Å². The van der Waals surface area contributed by atoms with Gasteiger partial charge in [-0.2, -0.15) is 15.0 Å². The van der Waals surface area contributed by atoms with Gasteiger partial charge in [-0.25, -0.2) is 4.98 Å². The van der Waals surface area contributed by atoms with Crippen molar-refractivity contribution in [2.45, 2.75) is 27.7 Å². The first-order chi connectivity index (χ1) is 17.5. The Morgan fingerprint density at radius 1 is 1.03 bits per heavy atom. The number of benzene rings is 2. The van der Waals surface area contributed by atoms with Crippen molar-refractivity contribution in [1.82, 2.24) is 14.8 Å². The number of ether oxygens (including phenoxy) is 3. The summed E-state index contributed by atoms with van der Waals surface area (Å²) in [4.78, 5) is 18.1. The van der Waals surface area contributed by atoms with Crippen LogP contribution in [0, 0.1) is 18.3 Å². The predicted octanol–water partition coefficient (Wildman–Crippen LogP) is 5.05. The van der Waals surface area contributed by atoms with Crippen molar-refractivity contribution >= 4 is 22.6 Å². The first-order valence-corrected chi connectivity index (χ1v) is 11.7. The van der Waals surface area contributed by atoms with Crippen LogP contribution in [0.15, 0.2) is 48.7 Å². The minimum Gasteiger partial charge on any atom is -0.490 e. The van der Waals surface area contributed by atoms with Gasteiger partial charge in [0.25, 0.3) is 5.91 Å². The second-order valence-corrected chi connectivity index (χ2v) is 7.80. The maximum absolute atomic E-state index is 13.4. The van der Waals surface area contributed by atoms with Crippen molar-refractivity contribution < 1.29 is 19.0 Å². The highest BCUT2D eigenvalue weighted by Gasteiger charge is 2.22. The molecule has 184 valence electrons. The number of anilines is 1. The van der Waals surface area contributed by atoms with Crippen molar-refractivity contribution in [3.63, 3.8) is 0 Å². The van der Waals surface area contributed by atoms with Gasteiger partial charge in [-0.05, 0) is 57.5 Å². The molecule has 2 heterocycles. The van der Waals surface area contributed by atoms with E-state index in [0.717, 1.165) is 16.5 Å². The van der Waals surface area contributed by atoms with Gasteiger partial charge in [0.15, 0.2) is 23.1 Å². The van der Waals surface area contributed by atoms with Crippen LogP contribution in [0.1, 0.15) is 42.3 Å². The lowest BCUT2D eigenvalue weighted by atomic mass is 10.1. The van der Waals surface area contributed by atoms with Gasteiger partial charge in [-0.3, -0.25) is 4.79 Å². The molecule has 4 aromatic rings. The fourth-order valence-electron chi connectivity index (χ4n) is 3.86. The van der Waals surface area contributed by atoms with E-state index < -0.39 is 5.91 Å². The molecule has 0 radical (unpaired) electrons. The van der Waals surface area contributed by atoms with E-state index in [-0.39, 0.29) is 16.9 Å². The summed E-state index contributed by atoms with van der Waals surface area (Å²) < 4.78 is 18.6. The van der Waals surface area contributed by atoms with Gasteiger partial charge in [0.2, 0.25) is 5.75 Å². The fraction of sp³-hybridized carbons (Fsp3) is 0.259. The van der Waals surface area contributed by atoms with Crippen LogP contribution in [0.3, 0.4) is 0 Å². The molecule has 0 atom stereocenters. The van der Waals surface area contributed by atoms with Gasteiger partial charge < -0.3 is 19.5 Å². The van der Waals surface area contributed by atoms with Crippen LogP contribution in [0.2, 0.25) is 0 Å². The maximum atomic E-state index is 13.4. The van der Waals surface area contributed by atoms with E-state index in [1.807, 2.05) is 58.0 Å². The Kier molecular flexibility index (Phi) is 7.35. The monoisotopic (exact) mass is 485 g/mol. The normalized spacial score (nSPS) is 10.6. The molecule has 0 fully saturated rings. The second-order valence-electron chi connectivity index (χ2n) is 7.80. The molecule has 0 aliphatic carbocycles. The third-order valence-corrected chi connectivity index (χ3v) is 5.42. The summed E-state index contributed by atoms with van der Waals surface area (Å²) in [6.07, 6.45) is 1.40. The molecule has 1 amide bonds. The molecule has 9 heteroatoms. The van der Waals surface area contributed by atoms with Crippen LogP contribution in [-0.2, 0) is 0 Å². The van der Waals surface area contributed by atoms with E-state index in [1.54, 1.807) is 12.1 Å². The zero-order chi connectivity index (χ0) is 25.7. The number of amides is 1.